The van der Waals surface area contributed by atoms with Crippen LogP contribution in [0.2, 0.25) is 0 Å². The van der Waals surface area contributed by atoms with E-state index in [0.29, 0.717) is 11.3 Å². The van der Waals surface area contributed by atoms with Crippen LogP contribution in [0.4, 0.5) is 32.0 Å². The number of nitrogens with one attached hydrogen (secondary N) is 1. The van der Waals surface area contributed by atoms with Gasteiger partial charge in [0.15, 0.2) is 29.0 Å². The first kappa shape index (κ1) is 20.4. The molecular weight excluding hydrogens is 406 g/mol. The van der Waals surface area contributed by atoms with E-state index in [9.17, 15) is 31.1 Å². The number of amides is 1. The van der Waals surface area contributed by atoms with E-state index in [1.165, 1.54) is 30.3 Å². The van der Waals surface area contributed by atoms with Crippen LogP contribution in [0.1, 0.15) is 5.69 Å². The molecule has 1 heterocycles. The Labute approximate surface area is 158 Å². The third-order valence-electron chi connectivity index (χ3n) is 3.65. The number of ether oxygens (including phenoxy) is 1. The van der Waals surface area contributed by atoms with Gasteiger partial charge in [0.2, 0.25) is 5.82 Å². The second-order valence-electron chi connectivity index (χ2n) is 5.68. The van der Waals surface area contributed by atoms with Crippen LogP contribution in [-0.4, -0.2) is 17.7 Å². The zero-order valence-corrected chi connectivity index (χ0v) is 14.2. The maximum Gasteiger partial charge on any atom is 0.250 e. The van der Waals surface area contributed by atoms with Crippen LogP contribution in [0, 0.1) is 34.9 Å². The van der Waals surface area contributed by atoms with Gasteiger partial charge >= 0.3 is 0 Å². The summed E-state index contributed by atoms with van der Waals surface area (Å²) in [6.45, 7) is -1.02. The predicted octanol–water partition coefficient (Wildman–Crippen LogP) is 4.33. The van der Waals surface area contributed by atoms with Crippen molar-refractivity contribution in [2.45, 2.75) is 6.61 Å². The van der Waals surface area contributed by atoms with E-state index in [2.05, 4.69) is 5.16 Å². The Morgan fingerprint density at radius 3 is 2.14 bits per heavy atom. The quantitative estimate of drug-likeness (QED) is 0.369. The first-order valence-electron chi connectivity index (χ1n) is 7.88. The first-order valence-corrected chi connectivity index (χ1v) is 7.88. The average molecular weight is 416 g/mol. The summed E-state index contributed by atoms with van der Waals surface area (Å²) in [5.74, 6) is -12.3. The van der Waals surface area contributed by atoms with E-state index < -0.39 is 53.1 Å². The highest BCUT2D eigenvalue weighted by Crippen LogP contribution is 2.27. The summed E-state index contributed by atoms with van der Waals surface area (Å²) in [7, 11) is 0. The minimum absolute atomic E-state index is 0.244. The largest absolute Gasteiger partial charge is 0.365 e. The molecule has 29 heavy (non-hydrogen) atoms. The van der Waals surface area contributed by atoms with Gasteiger partial charge in [-0.15, -0.1) is 0 Å². The first-order chi connectivity index (χ1) is 13.8. The van der Waals surface area contributed by atoms with Gasteiger partial charge in [0, 0.05) is 11.6 Å². The second kappa shape index (κ2) is 8.35. The number of anilines is 1. The molecular formula is C18H10F6N2O3. The molecule has 0 atom stereocenters. The van der Waals surface area contributed by atoms with Gasteiger partial charge in [0.05, 0.1) is 6.61 Å². The Kier molecular flexibility index (Phi) is 5.87. The Hall–Kier alpha value is -3.34. The fraction of sp³-hybridized carbons (Fsp3) is 0.111. The minimum Gasteiger partial charge on any atom is -0.365 e. The summed E-state index contributed by atoms with van der Waals surface area (Å²) in [4.78, 5) is 11.7. The average Bonchev–Trinajstić information content (AvgIpc) is 3.17. The molecule has 0 saturated heterocycles. The molecule has 3 aromatic rings. The number of nitrogens with zero attached hydrogens (tertiary/aromatic N) is 1. The standard InChI is InChI=1S/C18H10F6N2O3/c19-9-3-1-8(2-4-9)11-5-10(26-29-11)6-28-7-12(27)25-18-16(23)14(21)13(20)15(22)17(18)24/h1-5H,6-7H2,(H,25,27). The summed E-state index contributed by atoms with van der Waals surface area (Å²) < 4.78 is 89.2. The van der Waals surface area contributed by atoms with E-state index in [-0.39, 0.29) is 12.3 Å². The van der Waals surface area contributed by atoms with Crippen molar-refractivity contribution >= 4 is 11.6 Å². The molecule has 0 fully saturated rings. The number of halogens is 6. The Balaban J connectivity index is 1.58. The number of hydrogen-bond acceptors (Lipinski definition) is 4. The number of rotatable bonds is 6. The fourth-order valence-electron chi connectivity index (χ4n) is 2.27. The van der Waals surface area contributed by atoms with Crippen LogP contribution in [0.3, 0.4) is 0 Å². The molecule has 0 radical (unpaired) electrons. The number of carbonyl (C=O) groups is 1. The van der Waals surface area contributed by atoms with Crippen molar-refractivity contribution in [1.29, 1.82) is 0 Å². The molecule has 3 rings (SSSR count). The molecule has 152 valence electrons. The highest BCUT2D eigenvalue weighted by atomic mass is 19.2. The highest BCUT2D eigenvalue weighted by molar-refractivity contribution is 5.92. The lowest BCUT2D eigenvalue weighted by Gasteiger charge is -2.09. The Morgan fingerprint density at radius 2 is 1.52 bits per heavy atom. The molecule has 0 aliphatic rings. The van der Waals surface area contributed by atoms with Gasteiger partial charge in [-0.1, -0.05) is 5.16 Å². The minimum atomic E-state index is -2.34. The van der Waals surface area contributed by atoms with Gasteiger partial charge in [-0.2, -0.15) is 0 Å². The summed E-state index contributed by atoms with van der Waals surface area (Å²) in [6.07, 6.45) is 0. The van der Waals surface area contributed by atoms with Crippen LogP contribution in [-0.2, 0) is 16.1 Å². The van der Waals surface area contributed by atoms with Crippen molar-refractivity contribution in [3.8, 4) is 11.3 Å². The molecule has 0 spiro atoms. The van der Waals surface area contributed by atoms with Crippen molar-refractivity contribution in [3.63, 3.8) is 0 Å². The smallest absolute Gasteiger partial charge is 0.250 e. The molecule has 1 amide bonds. The van der Waals surface area contributed by atoms with Crippen molar-refractivity contribution in [3.05, 3.63) is 70.9 Å². The molecule has 0 aliphatic carbocycles. The SMILES string of the molecule is O=C(COCc1cc(-c2ccc(F)cc2)on1)Nc1c(F)c(F)c(F)c(F)c1F. The van der Waals surface area contributed by atoms with E-state index in [4.69, 9.17) is 9.26 Å². The Bertz CT molecular complexity index is 1020. The van der Waals surface area contributed by atoms with Gasteiger partial charge in [-0.25, -0.2) is 26.3 Å². The van der Waals surface area contributed by atoms with Crippen LogP contribution in [0.5, 0.6) is 0 Å². The van der Waals surface area contributed by atoms with Gasteiger partial charge in [0.25, 0.3) is 5.91 Å². The molecule has 2 aromatic carbocycles. The van der Waals surface area contributed by atoms with Crippen molar-refractivity contribution in [2.75, 3.05) is 11.9 Å². The number of aromatic nitrogens is 1. The van der Waals surface area contributed by atoms with Gasteiger partial charge in [0.1, 0.15) is 23.8 Å². The van der Waals surface area contributed by atoms with E-state index in [1.807, 2.05) is 0 Å². The fourth-order valence-corrected chi connectivity index (χ4v) is 2.27. The molecule has 1 N–H and O–H groups in total. The molecule has 0 unspecified atom stereocenters. The molecule has 0 saturated carbocycles. The highest BCUT2D eigenvalue weighted by Gasteiger charge is 2.26. The van der Waals surface area contributed by atoms with Gasteiger partial charge < -0.3 is 14.6 Å². The molecule has 11 heteroatoms. The third kappa shape index (κ3) is 4.40. The molecule has 1 aromatic heterocycles. The molecule has 0 aliphatic heterocycles. The summed E-state index contributed by atoms with van der Waals surface area (Å²) in [5, 5.41) is 5.24. The van der Waals surface area contributed by atoms with E-state index in [1.54, 1.807) is 5.32 Å². The van der Waals surface area contributed by atoms with Crippen molar-refractivity contribution in [1.82, 2.24) is 5.16 Å². The Morgan fingerprint density at radius 1 is 0.931 bits per heavy atom. The summed E-state index contributed by atoms with van der Waals surface area (Å²) >= 11 is 0. The summed E-state index contributed by atoms with van der Waals surface area (Å²) in [5.41, 5.74) is -0.697. The third-order valence-corrected chi connectivity index (χ3v) is 3.65. The monoisotopic (exact) mass is 416 g/mol. The van der Waals surface area contributed by atoms with Crippen LogP contribution in [0.15, 0.2) is 34.9 Å². The van der Waals surface area contributed by atoms with E-state index in [0.717, 1.165) is 0 Å². The van der Waals surface area contributed by atoms with Crippen LogP contribution < -0.4 is 5.32 Å². The topological polar surface area (TPSA) is 64.4 Å². The lowest BCUT2D eigenvalue weighted by molar-refractivity contribution is -0.121. The number of benzene rings is 2. The zero-order valence-electron chi connectivity index (χ0n) is 14.2. The van der Waals surface area contributed by atoms with Gasteiger partial charge in [-0.05, 0) is 24.3 Å². The lowest BCUT2D eigenvalue weighted by atomic mass is 10.1. The van der Waals surface area contributed by atoms with Crippen LogP contribution in [0.25, 0.3) is 11.3 Å². The van der Waals surface area contributed by atoms with Crippen molar-refractivity contribution < 1.29 is 40.4 Å². The van der Waals surface area contributed by atoms with Crippen LogP contribution >= 0.6 is 0 Å². The molecule has 5 nitrogen and oxygen atoms in total. The van der Waals surface area contributed by atoms with Crippen molar-refractivity contribution in [2.24, 2.45) is 0 Å². The van der Waals surface area contributed by atoms with Gasteiger partial charge in [-0.3, -0.25) is 4.79 Å². The maximum absolute atomic E-state index is 13.5. The van der Waals surface area contributed by atoms with E-state index >= 15 is 0 Å². The lowest BCUT2D eigenvalue weighted by Crippen LogP contribution is -2.21. The normalized spacial score (nSPS) is 11.0. The molecule has 0 bridgehead atoms. The number of hydrogen-bond donors (Lipinski definition) is 1. The zero-order chi connectivity index (χ0) is 21.1. The number of carbonyl (C=O) groups excluding carboxylic acids is 1. The predicted molar refractivity (Wildman–Crippen MR) is 86.4 cm³/mol. The second-order valence-corrected chi connectivity index (χ2v) is 5.68. The maximum atomic E-state index is 13.5. The summed E-state index contributed by atoms with van der Waals surface area (Å²) in [6, 6.07) is 6.81.